The smallest absolute Gasteiger partial charge is 0.00266 e. The number of hydrogen-bond donors (Lipinski definition) is 0. The van der Waals surface area contributed by atoms with E-state index in [1.165, 1.54) is 38.2 Å². The Morgan fingerprint density at radius 3 is 2.07 bits per heavy atom. The zero-order valence-electron chi connectivity index (χ0n) is 16.4. The van der Waals surface area contributed by atoms with Crippen molar-refractivity contribution in [2.24, 2.45) is 0 Å². The minimum atomic E-state index is 1.03. The van der Waals surface area contributed by atoms with Crippen LogP contribution in [0.3, 0.4) is 0 Å². The maximum Gasteiger partial charge on any atom is -0.00266 e. The van der Waals surface area contributed by atoms with Crippen LogP contribution in [-0.2, 0) is 0 Å². The molecule has 4 rings (SSSR count). The van der Waals surface area contributed by atoms with Gasteiger partial charge in [0.2, 0.25) is 0 Å². The Morgan fingerprint density at radius 2 is 1.43 bits per heavy atom. The third-order valence-corrected chi connectivity index (χ3v) is 5.12. The molecule has 0 bridgehead atoms. The average Bonchev–Trinajstić information content (AvgIpc) is 2.72. The fourth-order valence-electron chi connectivity index (χ4n) is 3.87. The number of rotatable bonds is 4. The molecule has 0 heteroatoms. The van der Waals surface area contributed by atoms with E-state index in [0.29, 0.717) is 0 Å². The van der Waals surface area contributed by atoms with Crippen molar-refractivity contribution < 1.29 is 0 Å². The molecule has 136 valence electrons. The molecule has 4 aromatic carbocycles. The van der Waals surface area contributed by atoms with Crippen molar-refractivity contribution in [1.29, 1.82) is 0 Å². The van der Waals surface area contributed by atoms with E-state index in [9.17, 15) is 0 Å². The summed E-state index contributed by atoms with van der Waals surface area (Å²) in [7, 11) is 0. The van der Waals surface area contributed by atoms with E-state index >= 15 is 0 Å². The van der Waals surface area contributed by atoms with E-state index < -0.39 is 0 Å². The lowest BCUT2D eigenvalue weighted by Crippen LogP contribution is -1.88. The second-order valence-electron chi connectivity index (χ2n) is 7.19. The Labute approximate surface area is 167 Å². The quantitative estimate of drug-likeness (QED) is 0.254. The van der Waals surface area contributed by atoms with Crippen LogP contribution in [0.1, 0.15) is 19.4 Å². The highest BCUT2D eigenvalue weighted by atomic mass is 14.1. The van der Waals surface area contributed by atoms with Gasteiger partial charge >= 0.3 is 0 Å². The summed E-state index contributed by atoms with van der Waals surface area (Å²) in [5.41, 5.74) is 5.90. The van der Waals surface area contributed by atoms with Crippen molar-refractivity contribution >= 4 is 27.1 Å². The minimum absolute atomic E-state index is 1.03. The highest BCUT2D eigenvalue weighted by Gasteiger charge is 2.10. The molecule has 0 unspecified atom stereocenters. The van der Waals surface area contributed by atoms with E-state index in [2.05, 4.69) is 111 Å². The van der Waals surface area contributed by atoms with Gasteiger partial charge in [0.05, 0.1) is 0 Å². The molecule has 0 nitrogen and oxygen atoms in total. The van der Waals surface area contributed by atoms with Gasteiger partial charge in [-0.25, -0.2) is 0 Å². The fraction of sp³-hybridized carbons (Fsp3) is 0.0714. The van der Waals surface area contributed by atoms with E-state index in [-0.39, 0.29) is 0 Å². The van der Waals surface area contributed by atoms with Gasteiger partial charge in [-0.05, 0) is 69.8 Å². The summed E-state index contributed by atoms with van der Waals surface area (Å²) >= 11 is 0. The molecule has 0 aliphatic heterocycles. The Hall–Kier alpha value is -3.38. The molecular formula is C28H24. The number of benzene rings is 4. The van der Waals surface area contributed by atoms with Crippen LogP contribution in [-0.4, -0.2) is 0 Å². The largest absolute Gasteiger partial charge is 0.0911 e. The molecule has 0 aliphatic rings. The van der Waals surface area contributed by atoms with Gasteiger partial charge in [0.25, 0.3) is 0 Å². The Bertz CT molecular complexity index is 1180. The first kappa shape index (κ1) is 18.0. The highest BCUT2D eigenvalue weighted by molar-refractivity contribution is 6.12. The molecule has 0 saturated carbocycles. The lowest BCUT2D eigenvalue weighted by atomic mass is 9.90. The molecule has 0 amide bonds. The van der Waals surface area contributed by atoms with Crippen molar-refractivity contribution in [3.63, 3.8) is 0 Å². The average molecular weight is 361 g/mol. The maximum atomic E-state index is 4.30. The summed E-state index contributed by atoms with van der Waals surface area (Å²) in [6.07, 6.45) is 6.30. The second-order valence-corrected chi connectivity index (χ2v) is 7.19. The molecule has 28 heavy (non-hydrogen) atoms. The summed E-state index contributed by atoms with van der Waals surface area (Å²) < 4.78 is 0. The van der Waals surface area contributed by atoms with Crippen LogP contribution >= 0.6 is 0 Å². The SMILES string of the molecule is C=C(/C=C(C)\C=C/C)c1cccc(-c2c3ccccc3cc3ccccc23)c1. The molecule has 0 radical (unpaired) electrons. The fourth-order valence-corrected chi connectivity index (χ4v) is 3.87. The Morgan fingerprint density at radius 1 is 0.786 bits per heavy atom. The Balaban J connectivity index is 1.93. The van der Waals surface area contributed by atoms with Crippen LogP contribution in [0.4, 0.5) is 0 Å². The molecule has 0 spiro atoms. The predicted octanol–water partition coefficient (Wildman–Crippen LogP) is 8.20. The standard InChI is InChI=1S/C28H24/c1-4-10-20(2)17-21(3)22-13-9-14-25(18-22)28-26-15-7-5-11-23(26)19-24-12-6-8-16-27(24)28/h4-19H,3H2,1-2H3/b10-4-,20-17-. The van der Waals surface area contributed by atoms with Crippen LogP contribution in [0.2, 0.25) is 0 Å². The second kappa shape index (κ2) is 7.70. The molecule has 0 atom stereocenters. The van der Waals surface area contributed by atoms with Gasteiger partial charge in [0.15, 0.2) is 0 Å². The molecule has 0 saturated heterocycles. The van der Waals surface area contributed by atoms with Crippen molar-refractivity contribution in [1.82, 2.24) is 0 Å². The van der Waals surface area contributed by atoms with Gasteiger partial charge in [-0.15, -0.1) is 0 Å². The summed E-state index contributed by atoms with van der Waals surface area (Å²) in [6.45, 7) is 8.43. The third-order valence-electron chi connectivity index (χ3n) is 5.12. The lowest BCUT2D eigenvalue weighted by Gasteiger charge is -2.13. The van der Waals surface area contributed by atoms with Crippen LogP contribution in [0, 0.1) is 0 Å². The molecule has 4 aromatic rings. The van der Waals surface area contributed by atoms with Crippen molar-refractivity contribution in [3.05, 3.63) is 115 Å². The summed E-state index contributed by atoms with van der Waals surface area (Å²) in [5.74, 6) is 0. The first-order valence-corrected chi connectivity index (χ1v) is 9.68. The first-order valence-electron chi connectivity index (χ1n) is 9.68. The van der Waals surface area contributed by atoms with Gasteiger partial charge in [-0.2, -0.15) is 0 Å². The van der Waals surface area contributed by atoms with Gasteiger partial charge < -0.3 is 0 Å². The molecule has 0 N–H and O–H groups in total. The van der Waals surface area contributed by atoms with Gasteiger partial charge in [-0.1, -0.05) is 97.1 Å². The lowest BCUT2D eigenvalue weighted by molar-refractivity contribution is 1.50. The first-order chi connectivity index (χ1) is 13.7. The zero-order valence-corrected chi connectivity index (χ0v) is 16.4. The monoisotopic (exact) mass is 360 g/mol. The zero-order chi connectivity index (χ0) is 19.5. The third kappa shape index (κ3) is 3.42. The van der Waals surface area contributed by atoms with E-state index in [0.717, 1.165) is 11.1 Å². The Kier molecular flexibility index (Phi) is 4.95. The molecule has 0 fully saturated rings. The van der Waals surface area contributed by atoms with E-state index in [1.807, 2.05) is 6.92 Å². The number of hydrogen-bond acceptors (Lipinski definition) is 0. The molecule has 0 aromatic heterocycles. The summed E-state index contributed by atoms with van der Waals surface area (Å²) in [5, 5.41) is 5.10. The predicted molar refractivity (Wildman–Crippen MR) is 124 cm³/mol. The van der Waals surface area contributed by atoms with Crippen molar-refractivity contribution in [3.8, 4) is 11.1 Å². The maximum absolute atomic E-state index is 4.30. The van der Waals surface area contributed by atoms with Gasteiger partial charge in [0.1, 0.15) is 0 Å². The molecular weight excluding hydrogens is 336 g/mol. The minimum Gasteiger partial charge on any atom is -0.0911 e. The van der Waals surface area contributed by atoms with Crippen LogP contribution in [0.15, 0.2) is 109 Å². The van der Waals surface area contributed by atoms with Crippen LogP contribution in [0.25, 0.3) is 38.2 Å². The summed E-state index contributed by atoms with van der Waals surface area (Å²) in [6, 6.07) is 28.3. The molecule has 0 aliphatic carbocycles. The van der Waals surface area contributed by atoms with Crippen molar-refractivity contribution in [2.45, 2.75) is 13.8 Å². The normalized spacial score (nSPS) is 12.1. The van der Waals surface area contributed by atoms with Crippen molar-refractivity contribution in [2.75, 3.05) is 0 Å². The number of fused-ring (bicyclic) bond motifs is 2. The topological polar surface area (TPSA) is 0 Å². The van der Waals surface area contributed by atoms with Crippen LogP contribution < -0.4 is 0 Å². The summed E-state index contributed by atoms with van der Waals surface area (Å²) in [4.78, 5) is 0. The number of allylic oxidation sites excluding steroid dienone is 5. The van der Waals surface area contributed by atoms with Crippen LogP contribution in [0.5, 0.6) is 0 Å². The van der Waals surface area contributed by atoms with E-state index in [1.54, 1.807) is 0 Å². The van der Waals surface area contributed by atoms with Gasteiger partial charge in [0, 0.05) is 0 Å². The molecule has 0 heterocycles. The van der Waals surface area contributed by atoms with Gasteiger partial charge in [-0.3, -0.25) is 0 Å². The highest BCUT2D eigenvalue weighted by Crippen LogP contribution is 2.37. The van der Waals surface area contributed by atoms with E-state index in [4.69, 9.17) is 0 Å².